The third-order valence-corrected chi connectivity index (χ3v) is 8.55. The minimum Gasteiger partial charge on any atom is -0.481 e. The van der Waals surface area contributed by atoms with Crippen molar-refractivity contribution < 1.29 is 27.6 Å². The highest BCUT2D eigenvalue weighted by atomic mass is 79.9. The second kappa shape index (κ2) is 11.2. The van der Waals surface area contributed by atoms with Gasteiger partial charge in [-0.25, -0.2) is 0 Å². The summed E-state index contributed by atoms with van der Waals surface area (Å²) in [5.74, 6) is -0.246. The fraction of sp³-hybridized carbons (Fsp3) is 0.300. The van der Waals surface area contributed by atoms with Gasteiger partial charge in [-0.15, -0.1) is 12.4 Å². The number of hydrogen-bond acceptors (Lipinski definition) is 5. The van der Waals surface area contributed by atoms with E-state index in [4.69, 9.17) is 9.63 Å². The minimum atomic E-state index is -4.51. The topological polar surface area (TPSA) is 88.2 Å². The maximum absolute atomic E-state index is 13.8. The Morgan fingerprint density at radius 1 is 1.07 bits per heavy atom. The summed E-state index contributed by atoms with van der Waals surface area (Å²) < 4.78 is 46.8. The molecule has 41 heavy (non-hydrogen) atoms. The number of rotatable bonds is 6. The minimum absolute atomic E-state index is 0. The van der Waals surface area contributed by atoms with E-state index in [2.05, 4.69) is 43.5 Å². The number of carboxylic acid groups (broad SMARTS) is 1. The van der Waals surface area contributed by atoms with Crippen LogP contribution in [0.5, 0.6) is 0 Å². The Morgan fingerprint density at radius 3 is 2.54 bits per heavy atom. The second-order valence-electron chi connectivity index (χ2n) is 10.5. The molecule has 4 aromatic rings. The van der Waals surface area contributed by atoms with Crippen LogP contribution < -0.4 is 5.32 Å². The first-order valence-corrected chi connectivity index (χ1v) is 13.8. The Bertz CT molecular complexity index is 1620. The molecule has 11 heteroatoms. The molecular weight excluding hydrogens is 623 g/mol. The Hall–Kier alpha value is -3.21. The van der Waals surface area contributed by atoms with Crippen LogP contribution in [-0.2, 0) is 17.4 Å². The molecule has 0 aliphatic heterocycles. The normalized spacial score (nSPS) is 19.8. The first-order valence-electron chi connectivity index (χ1n) is 13.0. The first-order chi connectivity index (χ1) is 19.1. The van der Waals surface area contributed by atoms with E-state index in [-0.39, 0.29) is 46.3 Å². The van der Waals surface area contributed by atoms with Gasteiger partial charge in [0.1, 0.15) is 0 Å². The van der Waals surface area contributed by atoms with Crippen LogP contribution in [0.15, 0.2) is 63.6 Å². The van der Waals surface area contributed by atoms with Crippen LogP contribution in [-0.4, -0.2) is 27.3 Å². The average molecular weight is 649 g/mol. The molecule has 6 rings (SSSR count). The third-order valence-electron chi connectivity index (χ3n) is 7.89. The number of hydrogen-bond donors (Lipinski definition) is 2. The van der Waals surface area contributed by atoms with Crippen LogP contribution >= 0.6 is 28.3 Å². The highest BCUT2D eigenvalue weighted by molar-refractivity contribution is 9.10. The number of aliphatic carboxylic acids is 1. The van der Waals surface area contributed by atoms with E-state index < -0.39 is 17.7 Å². The van der Waals surface area contributed by atoms with Crippen LogP contribution in [0.3, 0.4) is 0 Å². The zero-order valence-electron chi connectivity index (χ0n) is 21.8. The molecule has 0 bridgehead atoms. The molecule has 3 aromatic carbocycles. The van der Waals surface area contributed by atoms with Gasteiger partial charge in [0.2, 0.25) is 5.82 Å². The lowest BCUT2D eigenvalue weighted by Crippen LogP contribution is -2.45. The quantitative estimate of drug-likeness (QED) is 0.220. The van der Waals surface area contributed by atoms with Crippen molar-refractivity contribution in [2.75, 3.05) is 0 Å². The predicted molar refractivity (Wildman–Crippen MR) is 154 cm³/mol. The molecular formula is C30H26BrClF3N3O3. The van der Waals surface area contributed by atoms with Crippen LogP contribution in [0, 0.1) is 12.8 Å². The zero-order valence-corrected chi connectivity index (χ0v) is 24.2. The van der Waals surface area contributed by atoms with Crippen LogP contribution in [0.1, 0.15) is 47.6 Å². The molecule has 2 aliphatic rings. The van der Waals surface area contributed by atoms with Crippen molar-refractivity contribution in [2.45, 2.75) is 50.9 Å². The average Bonchev–Trinajstić information content (AvgIpc) is 3.52. The van der Waals surface area contributed by atoms with Crippen molar-refractivity contribution in [3.05, 3.63) is 81.3 Å². The number of halogens is 5. The Balaban J connectivity index is 0.00000337. The molecule has 1 atom stereocenters. The number of fused-ring (bicyclic) bond motifs is 1. The highest BCUT2D eigenvalue weighted by Gasteiger charge is 2.37. The van der Waals surface area contributed by atoms with E-state index in [0.29, 0.717) is 35.4 Å². The fourth-order valence-corrected chi connectivity index (χ4v) is 6.35. The highest BCUT2D eigenvalue weighted by Crippen LogP contribution is 2.43. The van der Waals surface area contributed by atoms with Crippen LogP contribution in [0.2, 0.25) is 0 Å². The summed E-state index contributed by atoms with van der Waals surface area (Å²) in [6.07, 6.45) is -1.33. The number of nitrogens with zero attached hydrogens (tertiary/aromatic N) is 2. The summed E-state index contributed by atoms with van der Waals surface area (Å²) in [7, 11) is 0. The lowest BCUT2D eigenvalue weighted by molar-refractivity contribution is -0.145. The molecule has 0 amide bonds. The number of aryl methyl sites for hydroxylation is 2. The molecule has 2 N–H and O–H groups in total. The standard InChI is InChI=1S/C30H25BrF3N3O3.ClH/c1-15-11-18(6-8-21(15)23-3-2-4-24(31)26(23)30(32,33)34)28-36-27(37-40-28)17-5-9-22-16(12-17)7-10-25(22)35-20-13-19(14-20)29(38)39;/h2-6,8-9,11-12,19-20,25,35H,7,10,13-14H2,1H3,(H,38,39);1H. The smallest absolute Gasteiger partial charge is 0.418 e. The lowest BCUT2D eigenvalue weighted by atomic mass is 9.80. The van der Waals surface area contributed by atoms with Gasteiger partial charge in [-0.1, -0.05) is 51.4 Å². The SMILES string of the molecule is Cc1cc(-c2nc(-c3ccc4c(c3)CCC4NC3CC(C(=O)O)C3)no2)ccc1-c1cccc(Br)c1C(F)(F)F.Cl. The number of carbonyl (C=O) groups is 1. The zero-order chi connectivity index (χ0) is 28.2. The summed E-state index contributed by atoms with van der Waals surface area (Å²) in [6, 6.07) is 16.0. The van der Waals surface area contributed by atoms with Gasteiger partial charge in [-0.3, -0.25) is 4.79 Å². The summed E-state index contributed by atoms with van der Waals surface area (Å²) in [5.41, 5.74) is 4.36. The first kappa shape index (κ1) is 29.3. The molecule has 0 radical (unpaired) electrons. The van der Waals surface area contributed by atoms with Gasteiger partial charge in [-0.2, -0.15) is 18.2 Å². The van der Waals surface area contributed by atoms with Gasteiger partial charge in [0.25, 0.3) is 5.89 Å². The summed E-state index contributed by atoms with van der Waals surface area (Å²) in [4.78, 5) is 15.7. The number of nitrogens with one attached hydrogen (secondary N) is 1. The molecule has 1 fully saturated rings. The number of alkyl halides is 3. The molecule has 1 aromatic heterocycles. The fourth-order valence-electron chi connectivity index (χ4n) is 5.76. The van der Waals surface area contributed by atoms with Gasteiger partial charge in [0.15, 0.2) is 0 Å². The van der Waals surface area contributed by atoms with Gasteiger partial charge in [0, 0.05) is 27.7 Å². The van der Waals surface area contributed by atoms with Crippen molar-refractivity contribution in [1.82, 2.24) is 15.5 Å². The number of carboxylic acids is 1. The number of benzene rings is 3. The van der Waals surface area contributed by atoms with E-state index in [1.54, 1.807) is 31.2 Å². The Labute approximate surface area is 248 Å². The molecule has 214 valence electrons. The van der Waals surface area contributed by atoms with E-state index in [9.17, 15) is 18.0 Å². The van der Waals surface area contributed by atoms with Crippen LogP contribution in [0.4, 0.5) is 13.2 Å². The van der Waals surface area contributed by atoms with E-state index in [1.807, 2.05) is 6.07 Å². The third kappa shape index (κ3) is 5.65. The van der Waals surface area contributed by atoms with Crippen molar-refractivity contribution in [3.8, 4) is 34.0 Å². The van der Waals surface area contributed by atoms with E-state index in [0.717, 1.165) is 18.4 Å². The molecule has 6 nitrogen and oxygen atoms in total. The van der Waals surface area contributed by atoms with Gasteiger partial charge in [-0.05, 0) is 84.7 Å². The lowest BCUT2D eigenvalue weighted by Gasteiger charge is -2.35. The predicted octanol–water partition coefficient (Wildman–Crippen LogP) is 8.02. The Kier molecular flexibility index (Phi) is 8.02. The van der Waals surface area contributed by atoms with Crippen molar-refractivity contribution in [2.24, 2.45) is 5.92 Å². The largest absolute Gasteiger partial charge is 0.481 e. The molecule has 1 unspecified atom stereocenters. The molecule has 0 saturated heterocycles. The maximum Gasteiger partial charge on any atom is 0.418 e. The molecule has 2 aliphatic carbocycles. The van der Waals surface area contributed by atoms with E-state index in [1.165, 1.54) is 23.3 Å². The second-order valence-corrected chi connectivity index (χ2v) is 11.3. The van der Waals surface area contributed by atoms with Gasteiger partial charge < -0.3 is 14.9 Å². The number of aromatic nitrogens is 2. The Morgan fingerprint density at radius 2 is 1.83 bits per heavy atom. The summed E-state index contributed by atoms with van der Waals surface area (Å²) >= 11 is 3.05. The summed E-state index contributed by atoms with van der Waals surface area (Å²) in [5, 5.41) is 16.9. The molecule has 1 saturated carbocycles. The van der Waals surface area contributed by atoms with Gasteiger partial charge in [0.05, 0.1) is 11.5 Å². The van der Waals surface area contributed by atoms with Gasteiger partial charge >= 0.3 is 12.1 Å². The molecule has 0 spiro atoms. The summed E-state index contributed by atoms with van der Waals surface area (Å²) in [6.45, 7) is 1.76. The maximum atomic E-state index is 13.8. The monoisotopic (exact) mass is 647 g/mol. The van der Waals surface area contributed by atoms with Crippen LogP contribution in [0.25, 0.3) is 34.0 Å². The van der Waals surface area contributed by atoms with Crippen molar-refractivity contribution >= 4 is 34.3 Å². The van der Waals surface area contributed by atoms with Crippen molar-refractivity contribution in [3.63, 3.8) is 0 Å². The van der Waals surface area contributed by atoms with E-state index >= 15 is 0 Å². The molecule has 1 heterocycles. The van der Waals surface area contributed by atoms with Crippen molar-refractivity contribution in [1.29, 1.82) is 0 Å².